The molecule has 11 heteroatoms. The summed E-state index contributed by atoms with van der Waals surface area (Å²) in [5.41, 5.74) is 0.745. The third kappa shape index (κ3) is 10.2. The molecule has 0 aliphatic carbocycles. The Morgan fingerprint density at radius 2 is 1.83 bits per heavy atom. The van der Waals surface area contributed by atoms with E-state index in [2.05, 4.69) is 9.50 Å². The number of carbonyl (C=O) groups excluding carboxylic acids is 1. The van der Waals surface area contributed by atoms with E-state index in [-0.39, 0.29) is 13.0 Å². The average molecular weight is 381 g/mol. The molecule has 0 heterocycles. The lowest BCUT2D eigenvalue weighted by molar-refractivity contribution is 0.130. The fourth-order valence-corrected chi connectivity index (χ4v) is 2.62. The number of hydrogen-bond acceptors (Lipinski definition) is 7. The summed E-state index contributed by atoms with van der Waals surface area (Å²) in [6.07, 6.45) is -0.286. The SMILES string of the molecule is CS(=O)(=O)OC[C@H](CCS(=O)(=O)O)NC(=O)OCc1ccccc1. The number of carbonyl (C=O) groups is 1. The Morgan fingerprint density at radius 1 is 1.21 bits per heavy atom. The van der Waals surface area contributed by atoms with Crippen LogP contribution in [0.25, 0.3) is 0 Å². The fourth-order valence-electron chi connectivity index (χ4n) is 1.63. The predicted molar refractivity (Wildman–Crippen MR) is 85.4 cm³/mol. The minimum atomic E-state index is -4.26. The van der Waals surface area contributed by atoms with Crippen LogP contribution in [0.5, 0.6) is 0 Å². The summed E-state index contributed by atoms with van der Waals surface area (Å²) in [7, 11) is -8.03. The molecule has 0 aliphatic rings. The molecular formula is C13H19NO8S2. The zero-order valence-corrected chi connectivity index (χ0v) is 14.5. The van der Waals surface area contributed by atoms with Crippen LogP contribution in [0, 0.1) is 0 Å². The summed E-state index contributed by atoms with van der Waals surface area (Å²) in [6.45, 7) is -0.487. The number of nitrogens with one attached hydrogen (secondary N) is 1. The van der Waals surface area contributed by atoms with Crippen molar-refractivity contribution in [2.75, 3.05) is 18.6 Å². The van der Waals surface area contributed by atoms with E-state index in [0.717, 1.165) is 11.8 Å². The van der Waals surface area contributed by atoms with Crippen LogP contribution in [0.2, 0.25) is 0 Å². The van der Waals surface area contributed by atoms with Crippen LogP contribution < -0.4 is 5.32 Å². The first-order chi connectivity index (χ1) is 11.1. The number of hydrogen-bond donors (Lipinski definition) is 2. The van der Waals surface area contributed by atoms with Gasteiger partial charge in [0.2, 0.25) is 0 Å². The minimum Gasteiger partial charge on any atom is -0.445 e. The minimum absolute atomic E-state index is 0.00930. The molecule has 0 aliphatic heterocycles. The van der Waals surface area contributed by atoms with Gasteiger partial charge in [0.15, 0.2) is 0 Å². The summed E-state index contributed by atoms with van der Waals surface area (Å²) >= 11 is 0. The van der Waals surface area contributed by atoms with Gasteiger partial charge in [0.1, 0.15) is 6.61 Å². The Bertz CT molecular complexity index is 694. The van der Waals surface area contributed by atoms with Crippen LogP contribution in [0.1, 0.15) is 12.0 Å². The van der Waals surface area contributed by atoms with Gasteiger partial charge in [-0.15, -0.1) is 0 Å². The molecule has 1 rings (SSSR count). The molecule has 0 saturated heterocycles. The van der Waals surface area contributed by atoms with Crippen molar-refractivity contribution in [3.05, 3.63) is 35.9 Å². The lowest BCUT2D eigenvalue weighted by atomic mass is 10.2. The van der Waals surface area contributed by atoms with Crippen molar-refractivity contribution in [3.8, 4) is 0 Å². The summed E-state index contributed by atoms with van der Waals surface area (Å²) < 4.78 is 61.8. The van der Waals surface area contributed by atoms with E-state index in [1.54, 1.807) is 30.3 Å². The van der Waals surface area contributed by atoms with Gasteiger partial charge >= 0.3 is 6.09 Å². The van der Waals surface area contributed by atoms with E-state index in [1.807, 2.05) is 0 Å². The molecule has 9 nitrogen and oxygen atoms in total. The van der Waals surface area contributed by atoms with Crippen LogP contribution >= 0.6 is 0 Å². The third-order valence-electron chi connectivity index (χ3n) is 2.74. The van der Waals surface area contributed by atoms with Crippen LogP contribution in [0.3, 0.4) is 0 Å². The molecule has 1 atom stereocenters. The monoisotopic (exact) mass is 381 g/mol. The number of benzene rings is 1. The summed E-state index contributed by atoms with van der Waals surface area (Å²) in [4.78, 5) is 11.7. The average Bonchev–Trinajstić information content (AvgIpc) is 2.47. The van der Waals surface area contributed by atoms with E-state index >= 15 is 0 Å². The highest BCUT2D eigenvalue weighted by molar-refractivity contribution is 7.86. The van der Waals surface area contributed by atoms with Gasteiger partial charge in [-0.25, -0.2) is 4.79 Å². The van der Waals surface area contributed by atoms with E-state index in [9.17, 15) is 21.6 Å². The second-order valence-electron chi connectivity index (χ2n) is 4.97. The predicted octanol–water partition coefficient (Wildman–Crippen LogP) is 0.536. The van der Waals surface area contributed by atoms with Crippen molar-refractivity contribution < 1.29 is 35.1 Å². The number of amides is 1. The highest BCUT2D eigenvalue weighted by Crippen LogP contribution is 2.03. The van der Waals surface area contributed by atoms with E-state index in [0.29, 0.717) is 0 Å². The van der Waals surface area contributed by atoms with Crippen molar-refractivity contribution >= 4 is 26.3 Å². The van der Waals surface area contributed by atoms with Gasteiger partial charge in [0, 0.05) is 0 Å². The van der Waals surface area contributed by atoms with Gasteiger partial charge in [0.25, 0.3) is 20.2 Å². The Labute approximate surface area is 140 Å². The zero-order valence-electron chi connectivity index (χ0n) is 12.9. The quantitative estimate of drug-likeness (QED) is 0.467. The van der Waals surface area contributed by atoms with Crippen LogP contribution in [0.4, 0.5) is 4.79 Å². The standard InChI is InChI=1S/C13H19NO8S2/c1-23(16,17)22-10-12(7-8-24(18,19)20)14-13(15)21-9-11-5-3-2-4-6-11/h2-6,12H,7-10H2,1H3,(H,14,15)(H,18,19,20)/t12-/m0/s1. The smallest absolute Gasteiger partial charge is 0.407 e. The Morgan fingerprint density at radius 3 is 2.38 bits per heavy atom. The van der Waals surface area contributed by atoms with Crippen LogP contribution in [0.15, 0.2) is 30.3 Å². The maximum atomic E-state index is 11.7. The Kier molecular flexibility index (Phi) is 7.60. The summed E-state index contributed by atoms with van der Waals surface area (Å²) in [5.74, 6) is -0.663. The van der Waals surface area contributed by atoms with Crippen molar-refractivity contribution in [3.63, 3.8) is 0 Å². The van der Waals surface area contributed by atoms with Crippen molar-refractivity contribution in [1.29, 1.82) is 0 Å². The molecule has 0 unspecified atom stereocenters. The van der Waals surface area contributed by atoms with E-state index < -0.39 is 44.7 Å². The molecule has 0 fully saturated rings. The maximum absolute atomic E-state index is 11.7. The number of ether oxygens (including phenoxy) is 1. The second kappa shape index (κ2) is 8.97. The van der Waals surface area contributed by atoms with E-state index in [1.165, 1.54) is 0 Å². The first-order valence-corrected chi connectivity index (χ1v) is 10.2. The topological polar surface area (TPSA) is 136 Å². The fraction of sp³-hybridized carbons (Fsp3) is 0.462. The molecule has 0 bridgehead atoms. The van der Waals surface area contributed by atoms with Gasteiger partial charge in [-0.2, -0.15) is 16.8 Å². The lowest BCUT2D eigenvalue weighted by Crippen LogP contribution is -2.40. The second-order valence-corrected chi connectivity index (χ2v) is 8.18. The van der Waals surface area contributed by atoms with Gasteiger partial charge in [-0.05, 0) is 12.0 Å². The molecule has 0 saturated carbocycles. The van der Waals surface area contributed by atoms with Gasteiger partial charge in [-0.3, -0.25) is 8.74 Å². The molecule has 1 aromatic rings. The van der Waals surface area contributed by atoms with Gasteiger partial charge < -0.3 is 10.1 Å². The van der Waals surface area contributed by atoms with E-state index in [4.69, 9.17) is 9.29 Å². The van der Waals surface area contributed by atoms with Crippen LogP contribution in [-0.4, -0.2) is 52.1 Å². The van der Waals surface area contributed by atoms with Crippen molar-refractivity contribution in [2.45, 2.75) is 19.1 Å². The first-order valence-electron chi connectivity index (χ1n) is 6.82. The Balaban J connectivity index is 2.56. The number of rotatable bonds is 9. The molecule has 2 N–H and O–H groups in total. The molecule has 24 heavy (non-hydrogen) atoms. The molecule has 1 amide bonds. The van der Waals surface area contributed by atoms with Gasteiger partial charge in [-0.1, -0.05) is 30.3 Å². The molecular weight excluding hydrogens is 362 g/mol. The van der Waals surface area contributed by atoms with Gasteiger partial charge in [0.05, 0.1) is 24.7 Å². The third-order valence-corrected chi connectivity index (χ3v) is 4.06. The molecule has 0 aromatic heterocycles. The Hall–Kier alpha value is -1.69. The first kappa shape index (κ1) is 20.4. The molecule has 0 spiro atoms. The zero-order chi connectivity index (χ0) is 18.2. The van der Waals surface area contributed by atoms with Crippen molar-refractivity contribution in [1.82, 2.24) is 5.32 Å². The summed E-state index contributed by atoms with van der Waals surface area (Å²) in [6, 6.07) is 7.87. The normalized spacial score (nSPS) is 13.2. The molecule has 136 valence electrons. The van der Waals surface area contributed by atoms with Crippen LogP contribution in [-0.2, 0) is 35.8 Å². The molecule has 0 radical (unpaired) electrons. The summed E-state index contributed by atoms with van der Waals surface area (Å²) in [5, 5.41) is 2.31. The largest absolute Gasteiger partial charge is 0.445 e. The highest BCUT2D eigenvalue weighted by Gasteiger charge is 2.19. The van der Waals surface area contributed by atoms with Crippen molar-refractivity contribution in [2.24, 2.45) is 0 Å². The molecule has 1 aromatic carbocycles. The maximum Gasteiger partial charge on any atom is 0.407 e. The lowest BCUT2D eigenvalue weighted by Gasteiger charge is -2.17. The highest BCUT2D eigenvalue weighted by atomic mass is 32.2. The number of alkyl carbamates (subject to hydrolysis) is 1.